The van der Waals surface area contributed by atoms with Crippen LogP contribution in [0.25, 0.3) is 0 Å². The summed E-state index contributed by atoms with van der Waals surface area (Å²) < 4.78 is 106. The van der Waals surface area contributed by atoms with Crippen LogP contribution in [0.3, 0.4) is 0 Å². The van der Waals surface area contributed by atoms with Gasteiger partial charge in [0.15, 0.2) is 0 Å². The van der Waals surface area contributed by atoms with Gasteiger partial charge in [-0.2, -0.15) is 22.0 Å². The number of rotatable bonds is 14. The van der Waals surface area contributed by atoms with Crippen molar-refractivity contribution in [3.05, 3.63) is 0 Å². The summed E-state index contributed by atoms with van der Waals surface area (Å²) in [5.41, 5.74) is -4.43. The van der Waals surface area contributed by atoms with E-state index in [2.05, 4.69) is 0 Å². The molecular formula is C18H33F7O2Si. The van der Waals surface area contributed by atoms with Crippen LogP contribution in [0.1, 0.15) is 79.6 Å². The molecule has 0 aliphatic carbocycles. The Labute approximate surface area is 164 Å². The van der Waals surface area contributed by atoms with E-state index in [-0.39, 0.29) is 31.7 Å². The first kappa shape index (κ1) is 27.6. The van der Waals surface area contributed by atoms with Crippen molar-refractivity contribution in [2.45, 2.75) is 115 Å². The normalized spacial score (nSPS) is 14.4. The summed E-state index contributed by atoms with van der Waals surface area (Å²) in [6, 6.07) is -0.330. The topological polar surface area (TPSA) is 18.5 Å². The van der Waals surface area contributed by atoms with Crippen molar-refractivity contribution in [2.75, 3.05) is 0 Å². The molecule has 0 aromatic rings. The van der Waals surface area contributed by atoms with Gasteiger partial charge in [0.2, 0.25) is 0 Å². The lowest BCUT2D eigenvalue weighted by molar-refractivity contribution is -0.191. The fourth-order valence-corrected chi connectivity index (χ4v) is 6.30. The molecule has 0 rings (SSSR count). The second kappa shape index (κ2) is 11.2. The average molecular weight is 443 g/mol. The van der Waals surface area contributed by atoms with E-state index in [1.807, 2.05) is 0 Å². The highest BCUT2D eigenvalue weighted by Gasteiger charge is 2.73. The summed E-state index contributed by atoms with van der Waals surface area (Å²) >= 11 is 0. The molecule has 0 N–H and O–H groups in total. The summed E-state index contributed by atoms with van der Waals surface area (Å²) in [4.78, 5) is 0. The van der Waals surface area contributed by atoms with Gasteiger partial charge in [-0.05, 0) is 46.6 Å². The van der Waals surface area contributed by atoms with E-state index < -0.39 is 51.3 Å². The molecule has 0 aromatic heterocycles. The van der Waals surface area contributed by atoms with Crippen LogP contribution in [-0.4, -0.2) is 38.4 Å². The Morgan fingerprint density at radius 2 is 1.07 bits per heavy atom. The number of unbranched alkanes of at least 4 members (excludes halogenated alkanes) is 4. The number of halogens is 7. The van der Waals surface area contributed by atoms with E-state index in [1.54, 1.807) is 0 Å². The molecule has 10 heteroatoms. The van der Waals surface area contributed by atoms with Gasteiger partial charge in [-0.15, -0.1) is 0 Å². The maximum atomic E-state index is 14.9. The second-order valence-electron chi connectivity index (χ2n) is 7.60. The van der Waals surface area contributed by atoms with Crippen LogP contribution in [-0.2, 0) is 8.85 Å². The zero-order chi connectivity index (χ0) is 22.2. The smallest absolute Gasteiger partial charge is 0.388 e. The predicted molar refractivity (Wildman–Crippen MR) is 96.9 cm³/mol. The summed E-state index contributed by atoms with van der Waals surface area (Å²) in [5, 5.41) is 0. The van der Waals surface area contributed by atoms with Gasteiger partial charge in [0, 0.05) is 25.0 Å². The molecule has 2 nitrogen and oxygen atoms in total. The van der Waals surface area contributed by atoms with Crippen molar-refractivity contribution < 1.29 is 39.6 Å². The monoisotopic (exact) mass is 442 g/mol. The van der Waals surface area contributed by atoms with Crippen molar-refractivity contribution in [1.82, 2.24) is 0 Å². The van der Waals surface area contributed by atoms with Gasteiger partial charge in [-0.1, -0.05) is 26.2 Å². The molecule has 0 unspecified atom stereocenters. The minimum Gasteiger partial charge on any atom is -0.388 e. The van der Waals surface area contributed by atoms with Crippen molar-refractivity contribution in [3.63, 3.8) is 0 Å². The predicted octanol–water partition coefficient (Wildman–Crippen LogP) is 7.40. The van der Waals surface area contributed by atoms with Crippen LogP contribution in [0.15, 0.2) is 0 Å². The molecule has 0 saturated carbocycles. The Hall–Kier alpha value is -0.353. The summed E-state index contributed by atoms with van der Waals surface area (Å²) in [6.07, 6.45) is -7.22. The van der Waals surface area contributed by atoms with Crippen molar-refractivity contribution in [2.24, 2.45) is 0 Å². The van der Waals surface area contributed by atoms with Crippen molar-refractivity contribution >= 4 is 8.56 Å². The first-order valence-electron chi connectivity index (χ1n) is 9.78. The Morgan fingerprint density at radius 3 is 1.43 bits per heavy atom. The van der Waals surface area contributed by atoms with Gasteiger partial charge in [0.25, 0.3) is 0 Å². The fourth-order valence-electron chi connectivity index (χ4n) is 2.96. The van der Waals surface area contributed by atoms with Gasteiger partial charge in [0.1, 0.15) is 0 Å². The molecule has 0 aromatic carbocycles. The lowest BCUT2D eigenvalue weighted by atomic mass is 10.1. The van der Waals surface area contributed by atoms with Crippen LogP contribution >= 0.6 is 0 Å². The molecule has 170 valence electrons. The van der Waals surface area contributed by atoms with E-state index in [1.165, 1.54) is 34.6 Å². The zero-order valence-corrected chi connectivity index (χ0v) is 18.3. The molecule has 0 atom stereocenters. The standard InChI is InChI=1S/C18H33F7O2Si/c1-6-28(26-14(2)3,27-15(4)5)18(24,25)16(19,20)12-10-8-7-9-11-13-17(21,22)23/h14-15H,6-13H2,1-5H3. The van der Waals surface area contributed by atoms with Crippen LogP contribution < -0.4 is 0 Å². The quantitative estimate of drug-likeness (QED) is 0.158. The highest BCUT2D eigenvalue weighted by Crippen LogP contribution is 2.47. The minimum atomic E-state index is -4.57. The van der Waals surface area contributed by atoms with Crippen LogP contribution in [0, 0.1) is 0 Å². The van der Waals surface area contributed by atoms with E-state index in [9.17, 15) is 30.7 Å². The lowest BCUT2D eigenvalue weighted by Gasteiger charge is -2.42. The molecule has 0 radical (unpaired) electrons. The van der Waals surface area contributed by atoms with E-state index >= 15 is 0 Å². The summed E-state index contributed by atoms with van der Waals surface area (Å²) in [5.74, 6) is -4.31. The van der Waals surface area contributed by atoms with Gasteiger partial charge in [0.05, 0.1) is 0 Å². The fraction of sp³-hybridized carbons (Fsp3) is 1.00. The van der Waals surface area contributed by atoms with E-state index in [4.69, 9.17) is 8.85 Å². The molecular weight excluding hydrogens is 409 g/mol. The van der Waals surface area contributed by atoms with Gasteiger partial charge >= 0.3 is 26.2 Å². The van der Waals surface area contributed by atoms with Gasteiger partial charge in [-0.25, -0.2) is 8.78 Å². The van der Waals surface area contributed by atoms with Crippen molar-refractivity contribution in [1.29, 1.82) is 0 Å². The number of alkyl halides is 7. The third-order valence-corrected chi connectivity index (χ3v) is 8.16. The van der Waals surface area contributed by atoms with Gasteiger partial charge in [-0.3, -0.25) is 0 Å². The molecule has 0 heterocycles. The van der Waals surface area contributed by atoms with Crippen molar-refractivity contribution in [3.8, 4) is 0 Å². The first-order chi connectivity index (χ1) is 12.6. The van der Waals surface area contributed by atoms with Crippen LogP contribution in [0.5, 0.6) is 0 Å². The molecule has 0 amide bonds. The first-order valence-corrected chi connectivity index (χ1v) is 11.8. The molecule has 28 heavy (non-hydrogen) atoms. The Kier molecular flexibility index (Phi) is 11.0. The maximum Gasteiger partial charge on any atom is 0.422 e. The third kappa shape index (κ3) is 8.57. The molecule has 0 saturated heterocycles. The summed E-state index contributed by atoms with van der Waals surface area (Å²) in [6.45, 7) is 7.35. The molecule has 0 spiro atoms. The highest BCUT2D eigenvalue weighted by molar-refractivity contribution is 6.70. The Morgan fingerprint density at radius 1 is 0.679 bits per heavy atom. The summed E-state index contributed by atoms with van der Waals surface area (Å²) in [7, 11) is -4.57. The Bertz CT molecular complexity index is 430. The molecule has 0 fully saturated rings. The Balaban J connectivity index is 4.92. The average Bonchev–Trinajstić information content (AvgIpc) is 2.50. The number of hydrogen-bond acceptors (Lipinski definition) is 2. The maximum absolute atomic E-state index is 14.9. The van der Waals surface area contributed by atoms with E-state index in [0.717, 1.165) is 0 Å². The third-order valence-electron chi connectivity index (χ3n) is 4.21. The van der Waals surface area contributed by atoms with E-state index in [0.29, 0.717) is 6.42 Å². The van der Waals surface area contributed by atoms with Gasteiger partial charge < -0.3 is 8.85 Å². The molecule has 0 aliphatic rings. The van der Waals surface area contributed by atoms with Crippen LogP contribution in [0.4, 0.5) is 30.7 Å². The molecule has 0 bridgehead atoms. The lowest BCUT2D eigenvalue weighted by Crippen LogP contribution is -2.67. The highest BCUT2D eigenvalue weighted by atomic mass is 28.4. The minimum absolute atomic E-state index is 0.0909. The largest absolute Gasteiger partial charge is 0.422 e. The zero-order valence-electron chi connectivity index (χ0n) is 17.3. The SMILES string of the molecule is CC[Si](OC(C)C)(OC(C)C)C(F)(F)C(F)(F)CCCCCCCC(F)(F)F. The second-order valence-corrected chi connectivity index (χ2v) is 10.9. The van der Waals surface area contributed by atoms with Crippen LogP contribution in [0.2, 0.25) is 6.04 Å². The molecule has 0 aliphatic heterocycles. The number of hydrogen-bond donors (Lipinski definition) is 0.